The number of benzene rings is 2. The lowest BCUT2D eigenvalue weighted by Gasteiger charge is -2.16. The molecule has 8 heteroatoms. The van der Waals surface area contributed by atoms with E-state index < -0.39 is 10.0 Å². The van der Waals surface area contributed by atoms with Crippen molar-refractivity contribution in [3.63, 3.8) is 0 Å². The van der Waals surface area contributed by atoms with Crippen LogP contribution in [0.25, 0.3) is 0 Å². The van der Waals surface area contributed by atoms with E-state index in [1.807, 2.05) is 32.0 Å². The van der Waals surface area contributed by atoms with Crippen LogP contribution >= 0.6 is 0 Å². The van der Waals surface area contributed by atoms with Crippen molar-refractivity contribution in [2.45, 2.75) is 25.7 Å². The third kappa shape index (κ3) is 4.44. The molecule has 1 aromatic heterocycles. The zero-order chi connectivity index (χ0) is 21.9. The quantitative estimate of drug-likeness (QED) is 0.620. The highest BCUT2D eigenvalue weighted by Crippen LogP contribution is 2.31. The van der Waals surface area contributed by atoms with Crippen LogP contribution in [0.4, 0.5) is 11.4 Å². The van der Waals surface area contributed by atoms with Gasteiger partial charge in [0.15, 0.2) is 0 Å². The van der Waals surface area contributed by atoms with Crippen LogP contribution in [0.5, 0.6) is 5.75 Å². The van der Waals surface area contributed by atoms with Crippen molar-refractivity contribution in [3.8, 4) is 5.75 Å². The monoisotopic (exact) mass is 425 g/mol. The lowest BCUT2D eigenvalue weighted by Crippen LogP contribution is -2.17. The minimum Gasteiger partial charge on any atom is -0.495 e. The lowest BCUT2D eigenvalue weighted by atomic mass is 10.1. The Bertz CT molecular complexity index is 1190. The number of hydrogen-bond acceptors (Lipinski definition) is 5. The summed E-state index contributed by atoms with van der Waals surface area (Å²) in [6, 6.07) is 11.7. The molecule has 0 radical (unpaired) electrons. The van der Waals surface area contributed by atoms with Crippen LogP contribution < -0.4 is 14.8 Å². The molecule has 3 aromatic rings. The average Bonchev–Trinajstić information content (AvgIpc) is 2.71. The van der Waals surface area contributed by atoms with E-state index in [0.29, 0.717) is 16.9 Å². The Morgan fingerprint density at radius 2 is 1.70 bits per heavy atom. The molecule has 1 heterocycles. The number of amides is 1. The smallest absolute Gasteiger partial charge is 0.265 e. The fraction of sp³-hybridized carbons (Fsp3) is 0.182. The van der Waals surface area contributed by atoms with Crippen LogP contribution in [-0.4, -0.2) is 26.4 Å². The van der Waals surface area contributed by atoms with Gasteiger partial charge in [0.1, 0.15) is 10.6 Å². The molecule has 0 saturated carbocycles. The molecule has 0 bridgehead atoms. The number of anilines is 2. The van der Waals surface area contributed by atoms with Gasteiger partial charge < -0.3 is 10.1 Å². The molecular weight excluding hydrogens is 402 g/mol. The van der Waals surface area contributed by atoms with Crippen molar-refractivity contribution in [1.82, 2.24) is 4.98 Å². The Labute approximate surface area is 176 Å². The Hall–Kier alpha value is -3.39. The molecule has 0 aliphatic rings. The van der Waals surface area contributed by atoms with Gasteiger partial charge in [0, 0.05) is 18.1 Å². The fourth-order valence-corrected chi connectivity index (χ4v) is 4.43. The SMILES string of the molecule is COc1ccc(NC(=O)c2cnccc2C)cc1S(=O)(=O)Nc1c(C)cccc1C. The number of nitrogens with zero attached hydrogens (tertiary/aromatic N) is 1. The lowest BCUT2D eigenvalue weighted by molar-refractivity contribution is 0.102. The molecule has 0 saturated heterocycles. The van der Waals surface area contributed by atoms with Crippen molar-refractivity contribution < 1.29 is 17.9 Å². The zero-order valence-electron chi connectivity index (χ0n) is 17.2. The first-order valence-electron chi connectivity index (χ1n) is 9.22. The van der Waals surface area contributed by atoms with Gasteiger partial charge in [0.2, 0.25) is 0 Å². The van der Waals surface area contributed by atoms with Crippen LogP contribution in [0.2, 0.25) is 0 Å². The molecular formula is C22H23N3O4S. The molecule has 30 heavy (non-hydrogen) atoms. The van der Waals surface area contributed by atoms with Gasteiger partial charge in [-0.15, -0.1) is 0 Å². The predicted molar refractivity (Wildman–Crippen MR) is 117 cm³/mol. The van der Waals surface area contributed by atoms with E-state index in [1.165, 1.54) is 25.4 Å². The number of pyridine rings is 1. The largest absolute Gasteiger partial charge is 0.495 e. The number of aromatic nitrogens is 1. The number of carbonyl (C=O) groups is 1. The minimum absolute atomic E-state index is 0.0756. The van der Waals surface area contributed by atoms with Gasteiger partial charge in [0.25, 0.3) is 15.9 Å². The van der Waals surface area contributed by atoms with Crippen molar-refractivity contribution in [1.29, 1.82) is 0 Å². The second-order valence-corrected chi connectivity index (χ2v) is 8.53. The van der Waals surface area contributed by atoms with Gasteiger partial charge in [-0.25, -0.2) is 8.42 Å². The van der Waals surface area contributed by atoms with Gasteiger partial charge >= 0.3 is 0 Å². The first-order chi connectivity index (χ1) is 14.2. The minimum atomic E-state index is -3.97. The van der Waals surface area contributed by atoms with Gasteiger partial charge in [-0.3, -0.25) is 14.5 Å². The van der Waals surface area contributed by atoms with E-state index >= 15 is 0 Å². The third-order valence-electron chi connectivity index (χ3n) is 4.71. The summed E-state index contributed by atoms with van der Waals surface area (Å²) in [5.41, 5.74) is 3.61. The number of ether oxygens (including phenoxy) is 1. The third-order valence-corrected chi connectivity index (χ3v) is 6.08. The summed E-state index contributed by atoms with van der Waals surface area (Å²) < 4.78 is 34.2. The van der Waals surface area contributed by atoms with E-state index in [9.17, 15) is 13.2 Å². The second-order valence-electron chi connectivity index (χ2n) is 6.88. The summed E-state index contributed by atoms with van der Waals surface area (Å²) >= 11 is 0. The average molecular weight is 426 g/mol. The molecule has 0 atom stereocenters. The van der Waals surface area contributed by atoms with Gasteiger partial charge in [-0.2, -0.15) is 0 Å². The number of para-hydroxylation sites is 1. The molecule has 0 aliphatic heterocycles. The highest BCUT2D eigenvalue weighted by molar-refractivity contribution is 7.92. The van der Waals surface area contributed by atoms with Gasteiger partial charge in [-0.05, 0) is 61.7 Å². The van der Waals surface area contributed by atoms with E-state index in [1.54, 1.807) is 25.3 Å². The van der Waals surface area contributed by atoms with E-state index in [0.717, 1.165) is 16.7 Å². The fourth-order valence-electron chi connectivity index (χ4n) is 3.03. The number of methoxy groups -OCH3 is 1. The summed E-state index contributed by atoms with van der Waals surface area (Å²) in [5.74, 6) is -0.207. The van der Waals surface area contributed by atoms with Crippen molar-refractivity contribution in [3.05, 3.63) is 77.1 Å². The van der Waals surface area contributed by atoms with Crippen LogP contribution in [0.3, 0.4) is 0 Å². The second kappa shape index (κ2) is 8.54. The number of nitrogens with one attached hydrogen (secondary N) is 2. The number of carbonyl (C=O) groups excluding carboxylic acids is 1. The van der Waals surface area contributed by atoms with Crippen LogP contribution in [0.1, 0.15) is 27.0 Å². The zero-order valence-corrected chi connectivity index (χ0v) is 18.0. The number of rotatable bonds is 6. The molecule has 0 unspecified atom stereocenters. The van der Waals surface area contributed by atoms with E-state index in [-0.39, 0.29) is 16.6 Å². The maximum Gasteiger partial charge on any atom is 0.265 e. The first kappa shape index (κ1) is 21.3. The Morgan fingerprint density at radius 1 is 1.00 bits per heavy atom. The summed E-state index contributed by atoms with van der Waals surface area (Å²) in [5, 5.41) is 2.72. The number of hydrogen-bond donors (Lipinski definition) is 2. The van der Waals surface area contributed by atoms with Gasteiger partial charge in [0.05, 0.1) is 18.4 Å². The summed E-state index contributed by atoms with van der Waals surface area (Å²) in [6.45, 7) is 5.46. The molecule has 2 N–H and O–H groups in total. The van der Waals surface area contributed by atoms with E-state index in [2.05, 4.69) is 15.0 Å². The molecule has 0 aliphatic carbocycles. The maximum atomic E-state index is 13.1. The first-order valence-corrected chi connectivity index (χ1v) is 10.7. The molecule has 0 spiro atoms. The molecule has 1 amide bonds. The van der Waals surface area contributed by atoms with Crippen molar-refractivity contribution in [2.75, 3.05) is 17.1 Å². The highest BCUT2D eigenvalue weighted by atomic mass is 32.2. The van der Waals surface area contributed by atoms with E-state index in [4.69, 9.17) is 4.74 Å². The molecule has 3 rings (SSSR count). The Kier molecular flexibility index (Phi) is 6.07. The Balaban J connectivity index is 1.96. The van der Waals surface area contributed by atoms with Crippen LogP contribution in [0, 0.1) is 20.8 Å². The molecule has 7 nitrogen and oxygen atoms in total. The topological polar surface area (TPSA) is 97.4 Å². The Morgan fingerprint density at radius 3 is 2.33 bits per heavy atom. The number of aryl methyl sites for hydroxylation is 3. The summed E-state index contributed by atoms with van der Waals surface area (Å²) in [4.78, 5) is 16.5. The van der Waals surface area contributed by atoms with Crippen molar-refractivity contribution in [2.24, 2.45) is 0 Å². The highest BCUT2D eigenvalue weighted by Gasteiger charge is 2.22. The predicted octanol–water partition coefficient (Wildman–Crippen LogP) is 4.07. The number of sulfonamides is 1. The van der Waals surface area contributed by atoms with Crippen molar-refractivity contribution >= 4 is 27.3 Å². The normalized spacial score (nSPS) is 11.1. The maximum absolute atomic E-state index is 13.1. The molecule has 2 aromatic carbocycles. The summed E-state index contributed by atoms with van der Waals surface area (Å²) in [7, 11) is -2.58. The van der Waals surface area contributed by atoms with Gasteiger partial charge in [-0.1, -0.05) is 18.2 Å². The van der Waals surface area contributed by atoms with Crippen LogP contribution in [0.15, 0.2) is 59.8 Å². The molecule has 0 fully saturated rings. The summed E-state index contributed by atoms with van der Waals surface area (Å²) in [6.07, 6.45) is 3.07. The standard InChI is InChI=1S/C22H23N3O4S/c1-14-10-11-23-13-18(14)22(26)24-17-8-9-19(29-4)20(12-17)30(27,28)25-21-15(2)6-5-7-16(21)3/h5-13,25H,1-4H3,(H,24,26). The molecule has 156 valence electrons. The van der Waals surface area contributed by atoms with Crippen LogP contribution in [-0.2, 0) is 10.0 Å².